The van der Waals surface area contributed by atoms with Crippen molar-refractivity contribution in [1.29, 1.82) is 0 Å². The SMILES string of the molecule is O=C1NCCCOCCc2cccc(n2)Nc2cc([nH]n2)[C@H]2CC[C@H](C2)O1. The molecule has 2 aliphatic rings. The van der Waals surface area contributed by atoms with Crippen LogP contribution in [-0.4, -0.2) is 47.1 Å². The third kappa shape index (κ3) is 4.77. The zero-order valence-electron chi connectivity index (χ0n) is 15.2. The number of nitrogens with one attached hydrogen (secondary N) is 3. The molecule has 1 fully saturated rings. The first-order valence-electron chi connectivity index (χ1n) is 9.57. The van der Waals surface area contributed by atoms with E-state index in [1.165, 1.54) is 0 Å². The maximum absolute atomic E-state index is 11.9. The third-order valence-corrected chi connectivity index (χ3v) is 5.00. The lowest BCUT2D eigenvalue weighted by Gasteiger charge is -2.13. The highest BCUT2D eigenvalue weighted by Gasteiger charge is 2.29. The summed E-state index contributed by atoms with van der Waals surface area (Å²) >= 11 is 0. The van der Waals surface area contributed by atoms with E-state index < -0.39 is 0 Å². The van der Waals surface area contributed by atoms with Crippen molar-refractivity contribution in [3.63, 3.8) is 0 Å². The van der Waals surface area contributed by atoms with Crippen LogP contribution in [0.5, 0.6) is 0 Å². The third-order valence-electron chi connectivity index (χ3n) is 5.00. The predicted molar refractivity (Wildman–Crippen MR) is 100 cm³/mol. The summed E-state index contributed by atoms with van der Waals surface area (Å²) in [6.07, 6.45) is 3.76. The first kappa shape index (κ1) is 17.8. The van der Waals surface area contributed by atoms with E-state index in [0.29, 0.717) is 25.7 Å². The second kappa shape index (κ2) is 8.39. The van der Waals surface area contributed by atoms with Gasteiger partial charge in [-0.25, -0.2) is 9.78 Å². The number of anilines is 2. The fourth-order valence-electron chi connectivity index (χ4n) is 3.60. The highest BCUT2D eigenvalue weighted by Crippen LogP contribution is 2.36. The van der Waals surface area contributed by atoms with Gasteiger partial charge >= 0.3 is 6.09 Å². The van der Waals surface area contributed by atoms with Crippen LogP contribution < -0.4 is 10.6 Å². The maximum Gasteiger partial charge on any atom is 0.407 e. The summed E-state index contributed by atoms with van der Waals surface area (Å²) in [4.78, 5) is 16.5. The second-order valence-corrected chi connectivity index (χ2v) is 7.03. The van der Waals surface area contributed by atoms with Crippen molar-refractivity contribution >= 4 is 17.7 Å². The minimum atomic E-state index is -0.342. The van der Waals surface area contributed by atoms with Crippen LogP contribution in [0.4, 0.5) is 16.4 Å². The van der Waals surface area contributed by atoms with E-state index in [4.69, 9.17) is 9.47 Å². The number of alkyl carbamates (subject to hydrolysis) is 1. The van der Waals surface area contributed by atoms with Gasteiger partial charge in [-0.2, -0.15) is 5.10 Å². The second-order valence-electron chi connectivity index (χ2n) is 7.03. The van der Waals surface area contributed by atoms with Crippen LogP contribution in [0.25, 0.3) is 0 Å². The van der Waals surface area contributed by atoms with Crippen molar-refractivity contribution in [3.05, 3.63) is 35.7 Å². The van der Waals surface area contributed by atoms with Crippen LogP contribution in [0.1, 0.15) is 43.0 Å². The lowest BCUT2D eigenvalue weighted by Crippen LogP contribution is -2.29. The molecular weight excluding hydrogens is 346 g/mol. The molecule has 3 heterocycles. The number of hydrogen-bond acceptors (Lipinski definition) is 6. The Morgan fingerprint density at radius 3 is 3.07 bits per heavy atom. The molecule has 1 aliphatic heterocycles. The molecule has 0 radical (unpaired) electrons. The number of carbonyl (C=O) groups excluding carboxylic acids is 1. The van der Waals surface area contributed by atoms with Crippen LogP contribution in [-0.2, 0) is 15.9 Å². The van der Waals surface area contributed by atoms with Gasteiger partial charge in [0.25, 0.3) is 0 Å². The van der Waals surface area contributed by atoms with Gasteiger partial charge in [0.1, 0.15) is 11.9 Å². The van der Waals surface area contributed by atoms with Gasteiger partial charge in [-0.1, -0.05) is 6.07 Å². The number of hydrogen-bond donors (Lipinski definition) is 3. The number of amides is 1. The standard InChI is InChI=1S/C19H25N5O3/c25-19-20-8-2-9-26-10-7-14-3-1-4-17(21-14)22-18-12-16(23-24-18)13-5-6-15(11-13)27-19/h1,3-4,12-13,15H,2,5-11H2,(H,20,25)(H2,21,22,23,24)/t13-,15+/m0/s1. The van der Waals surface area contributed by atoms with Gasteiger partial charge in [-0.05, 0) is 37.8 Å². The molecule has 1 aliphatic carbocycles. The number of aromatic amines is 1. The molecule has 2 atom stereocenters. The molecule has 0 unspecified atom stereocenters. The first-order chi connectivity index (χ1) is 13.3. The van der Waals surface area contributed by atoms with Crippen LogP contribution in [0.3, 0.4) is 0 Å². The number of aromatic nitrogens is 3. The number of H-pyrrole nitrogens is 1. The summed E-state index contributed by atoms with van der Waals surface area (Å²) in [6.45, 7) is 1.74. The molecule has 2 aromatic rings. The minimum Gasteiger partial charge on any atom is -0.446 e. The van der Waals surface area contributed by atoms with Crippen LogP contribution in [0.2, 0.25) is 0 Å². The van der Waals surface area contributed by atoms with Crippen molar-refractivity contribution in [2.45, 2.75) is 44.1 Å². The van der Waals surface area contributed by atoms with Crippen LogP contribution >= 0.6 is 0 Å². The zero-order chi connectivity index (χ0) is 18.5. The Hall–Kier alpha value is -2.61. The summed E-state index contributed by atoms with van der Waals surface area (Å²) in [5, 5.41) is 13.5. The number of rotatable bonds is 0. The minimum absolute atomic E-state index is 0.0496. The van der Waals surface area contributed by atoms with E-state index in [1.807, 2.05) is 24.3 Å². The number of nitrogens with zero attached hydrogens (tertiary/aromatic N) is 2. The number of fused-ring (bicyclic) bond motifs is 7. The normalized spacial score (nSPS) is 23.9. The molecule has 1 saturated carbocycles. The summed E-state index contributed by atoms with van der Waals surface area (Å²) in [7, 11) is 0. The summed E-state index contributed by atoms with van der Waals surface area (Å²) < 4.78 is 11.2. The van der Waals surface area contributed by atoms with Gasteiger partial charge in [0.2, 0.25) is 0 Å². The Balaban J connectivity index is 1.48. The van der Waals surface area contributed by atoms with Gasteiger partial charge in [0.15, 0.2) is 5.82 Å². The van der Waals surface area contributed by atoms with E-state index in [1.54, 1.807) is 0 Å². The molecule has 0 aromatic carbocycles. The topological polar surface area (TPSA) is 101 Å². The Labute approximate surface area is 158 Å². The molecule has 0 spiro atoms. The Morgan fingerprint density at radius 1 is 1.15 bits per heavy atom. The van der Waals surface area contributed by atoms with Gasteiger partial charge < -0.3 is 20.1 Å². The average molecular weight is 371 g/mol. The molecule has 27 heavy (non-hydrogen) atoms. The zero-order valence-corrected chi connectivity index (χ0v) is 15.2. The van der Waals surface area contributed by atoms with E-state index in [2.05, 4.69) is 25.8 Å². The maximum atomic E-state index is 11.9. The summed E-state index contributed by atoms with van der Waals surface area (Å²) in [6, 6.07) is 7.91. The van der Waals surface area contributed by atoms with E-state index >= 15 is 0 Å². The largest absolute Gasteiger partial charge is 0.446 e. The molecule has 0 saturated heterocycles. The van der Waals surface area contributed by atoms with E-state index in [9.17, 15) is 4.79 Å². The van der Waals surface area contributed by atoms with Gasteiger partial charge in [0, 0.05) is 42.9 Å². The quantitative estimate of drug-likeness (QED) is 0.658. The molecule has 6 bridgehead atoms. The Kier molecular flexibility index (Phi) is 5.53. The summed E-state index contributed by atoms with van der Waals surface area (Å²) in [5.41, 5.74) is 2.03. The molecule has 4 rings (SSSR count). The van der Waals surface area contributed by atoms with Crippen molar-refractivity contribution in [3.8, 4) is 0 Å². The van der Waals surface area contributed by atoms with Gasteiger partial charge in [-0.3, -0.25) is 5.10 Å². The lowest BCUT2D eigenvalue weighted by atomic mass is 10.0. The number of ether oxygens (including phenoxy) is 2. The molecule has 3 N–H and O–H groups in total. The van der Waals surface area contributed by atoms with Crippen molar-refractivity contribution in [2.75, 3.05) is 25.1 Å². The molecule has 8 nitrogen and oxygen atoms in total. The molecule has 2 aromatic heterocycles. The van der Waals surface area contributed by atoms with Crippen LogP contribution in [0, 0.1) is 0 Å². The highest BCUT2D eigenvalue weighted by atomic mass is 16.6. The number of carbonyl (C=O) groups is 1. The predicted octanol–water partition coefficient (Wildman–Crippen LogP) is 2.87. The monoisotopic (exact) mass is 371 g/mol. The molecule has 8 heteroatoms. The van der Waals surface area contributed by atoms with Crippen molar-refractivity contribution in [2.24, 2.45) is 0 Å². The van der Waals surface area contributed by atoms with Gasteiger partial charge in [-0.15, -0.1) is 0 Å². The molecular formula is C19H25N5O3. The van der Waals surface area contributed by atoms with Crippen LogP contribution in [0.15, 0.2) is 24.3 Å². The first-order valence-corrected chi connectivity index (χ1v) is 9.57. The molecule has 1 amide bonds. The smallest absolute Gasteiger partial charge is 0.407 e. The molecule has 144 valence electrons. The van der Waals surface area contributed by atoms with E-state index in [0.717, 1.165) is 55.1 Å². The fourth-order valence-corrected chi connectivity index (χ4v) is 3.60. The fraction of sp³-hybridized carbons (Fsp3) is 0.526. The lowest BCUT2D eigenvalue weighted by molar-refractivity contribution is 0.0977. The van der Waals surface area contributed by atoms with Crippen molar-refractivity contribution < 1.29 is 14.3 Å². The average Bonchev–Trinajstić information content (AvgIpc) is 3.30. The van der Waals surface area contributed by atoms with Crippen molar-refractivity contribution in [1.82, 2.24) is 20.5 Å². The number of pyridine rings is 1. The summed E-state index contributed by atoms with van der Waals surface area (Å²) in [5.74, 6) is 1.83. The van der Waals surface area contributed by atoms with Gasteiger partial charge in [0.05, 0.1) is 6.61 Å². The van der Waals surface area contributed by atoms with E-state index in [-0.39, 0.29) is 12.2 Å². The Morgan fingerprint density at radius 2 is 2.11 bits per heavy atom. The highest BCUT2D eigenvalue weighted by molar-refractivity contribution is 5.67. The Bertz CT molecular complexity index is 778.